The summed E-state index contributed by atoms with van der Waals surface area (Å²) in [6, 6.07) is 3.86. The van der Waals surface area contributed by atoms with E-state index in [9.17, 15) is 9.00 Å². The van der Waals surface area contributed by atoms with Crippen LogP contribution in [0.4, 0.5) is 0 Å². The minimum atomic E-state index is -1.08. The molecule has 1 N–H and O–H groups in total. The Labute approximate surface area is 203 Å². The van der Waals surface area contributed by atoms with Crippen molar-refractivity contribution in [2.45, 2.75) is 19.3 Å². The monoisotopic (exact) mass is 491 g/mol. The van der Waals surface area contributed by atoms with Crippen molar-refractivity contribution >= 4 is 32.9 Å². The largest absolute Gasteiger partial charge is 0.356 e. The SMILES string of the molecule is Cc1cc(-c2c(C3CCN(S(C)=O)C3)c3c4cc(-c5cnn(C)c5)[nH]c4ncc3n(C)c2=O)on1. The number of nitrogens with one attached hydrogen (secondary N) is 1. The maximum absolute atomic E-state index is 13.7. The number of pyridine rings is 2. The summed E-state index contributed by atoms with van der Waals surface area (Å²) in [5.41, 5.74) is 5.26. The number of H-pyrrole nitrogens is 1. The van der Waals surface area contributed by atoms with Crippen molar-refractivity contribution in [3.05, 3.63) is 52.3 Å². The Hall–Kier alpha value is -3.57. The van der Waals surface area contributed by atoms with E-state index >= 15 is 0 Å². The van der Waals surface area contributed by atoms with Crippen LogP contribution in [0.5, 0.6) is 0 Å². The Morgan fingerprint density at radius 2 is 2.06 bits per heavy atom. The molecule has 1 aliphatic heterocycles. The maximum Gasteiger partial charge on any atom is 0.262 e. The summed E-state index contributed by atoms with van der Waals surface area (Å²) in [4.78, 5) is 21.8. The second-order valence-corrected chi connectivity index (χ2v) is 10.5. The van der Waals surface area contributed by atoms with Crippen LogP contribution in [0.3, 0.4) is 0 Å². The Morgan fingerprint density at radius 1 is 1.23 bits per heavy atom. The third-order valence-corrected chi connectivity index (χ3v) is 7.93. The molecule has 0 aliphatic carbocycles. The van der Waals surface area contributed by atoms with Gasteiger partial charge in [0.2, 0.25) is 0 Å². The molecule has 35 heavy (non-hydrogen) atoms. The van der Waals surface area contributed by atoms with Gasteiger partial charge in [0.25, 0.3) is 5.56 Å². The van der Waals surface area contributed by atoms with Gasteiger partial charge in [-0.05, 0) is 25.0 Å². The van der Waals surface area contributed by atoms with Crippen LogP contribution in [0.25, 0.3) is 44.5 Å². The molecule has 0 spiro atoms. The summed E-state index contributed by atoms with van der Waals surface area (Å²) in [7, 11) is 2.55. The maximum atomic E-state index is 13.7. The molecular formula is C24H25N7O3S. The number of rotatable bonds is 4. The third-order valence-electron chi connectivity index (χ3n) is 6.87. The van der Waals surface area contributed by atoms with Crippen LogP contribution in [0.2, 0.25) is 0 Å². The average molecular weight is 492 g/mol. The Balaban J connectivity index is 1.71. The summed E-state index contributed by atoms with van der Waals surface area (Å²) < 4.78 is 23.2. The highest BCUT2D eigenvalue weighted by Crippen LogP contribution is 2.41. The lowest BCUT2D eigenvalue weighted by molar-refractivity contribution is 0.426. The van der Waals surface area contributed by atoms with Gasteiger partial charge in [-0.1, -0.05) is 5.16 Å². The quantitative estimate of drug-likeness (QED) is 0.413. The van der Waals surface area contributed by atoms with Gasteiger partial charge in [0.05, 0.1) is 45.8 Å². The van der Waals surface area contributed by atoms with Crippen molar-refractivity contribution in [2.75, 3.05) is 19.3 Å². The summed E-state index contributed by atoms with van der Waals surface area (Å²) in [5.74, 6) is 0.446. The fourth-order valence-corrected chi connectivity index (χ4v) is 5.91. The van der Waals surface area contributed by atoms with E-state index in [2.05, 4.69) is 26.3 Å². The number of hydrogen-bond donors (Lipinski definition) is 1. The summed E-state index contributed by atoms with van der Waals surface area (Å²) in [6.07, 6.45) is 7.97. The molecule has 0 aromatic carbocycles. The lowest BCUT2D eigenvalue weighted by Gasteiger charge is -2.20. The van der Waals surface area contributed by atoms with Gasteiger partial charge < -0.3 is 14.1 Å². The number of nitrogens with zero attached hydrogens (tertiary/aromatic N) is 6. The topological polar surface area (TPSA) is 115 Å². The van der Waals surface area contributed by atoms with Crippen molar-refractivity contribution in [3.8, 4) is 22.6 Å². The number of aryl methyl sites for hydroxylation is 3. The fourth-order valence-electron chi connectivity index (χ4n) is 5.16. The van der Waals surface area contributed by atoms with E-state index in [4.69, 9.17) is 4.52 Å². The van der Waals surface area contributed by atoms with Crippen molar-refractivity contribution in [1.82, 2.24) is 33.8 Å². The van der Waals surface area contributed by atoms with E-state index in [-0.39, 0.29) is 11.5 Å². The van der Waals surface area contributed by atoms with Gasteiger partial charge in [-0.3, -0.25) is 9.48 Å². The number of hydrogen-bond acceptors (Lipinski definition) is 6. The molecule has 0 radical (unpaired) electrons. The van der Waals surface area contributed by atoms with Crippen LogP contribution < -0.4 is 5.56 Å². The molecule has 1 aliphatic rings. The molecule has 0 saturated carbocycles. The highest BCUT2D eigenvalue weighted by Gasteiger charge is 2.33. The fraction of sp³-hybridized carbons (Fsp3) is 0.333. The van der Waals surface area contributed by atoms with Gasteiger partial charge in [0.15, 0.2) is 5.76 Å². The molecule has 10 nitrogen and oxygen atoms in total. The van der Waals surface area contributed by atoms with Crippen LogP contribution in [0.15, 0.2) is 40.0 Å². The average Bonchev–Trinajstić information content (AvgIpc) is 3.61. The molecule has 5 aromatic rings. The van der Waals surface area contributed by atoms with Gasteiger partial charge in [0.1, 0.15) is 5.65 Å². The smallest absolute Gasteiger partial charge is 0.262 e. The van der Waals surface area contributed by atoms with Gasteiger partial charge >= 0.3 is 0 Å². The molecule has 2 unspecified atom stereocenters. The van der Waals surface area contributed by atoms with Crippen LogP contribution in [0.1, 0.15) is 23.6 Å². The number of aromatic nitrogens is 6. The van der Waals surface area contributed by atoms with Crippen LogP contribution >= 0.6 is 0 Å². The Kier molecular flexibility index (Phi) is 5.01. The first-order valence-corrected chi connectivity index (χ1v) is 12.9. The molecule has 0 bridgehead atoms. The minimum Gasteiger partial charge on any atom is -0.356 e. The second kappa shape index (κ2) is 7.99. The standard InChI is InChI=1S/C24H25N7O3S/c1-13-7-19(34-28-13)22-20(14-5-6-31(12-14)35(4)33)21-16-8-17(15-9-26-29(2)11-15)27-23(16)25-10-18(21)30(3)24(22)32/h7-11,14H,5-6,12H2,1-4H3,(H,25,27). The van der Waals surface area contributed by atoms with Crippen LogP contribution in [0, 0.1) is 6.92 Å². The Morgan fingerprint density at radius 3 is 2.71 bits per heavy atom. The summed E-state index contributed by atoms with van der Waals surface area (Å²) >= 11 is 0. The first kappa shape index (κ1) is 21.9. The van der Waals surface area contributed by atoms with Crippen LogP contribution in [-0.2, 0) is 25.1 Å². The second-order valence-electron chi connectivity index (χ2n) is 9.15. The van der Waals surface area contributed by atoms with Crippen molar-refractivity contribution in [1.29, 1.82) is 0 Å². The van der Waals surface area contributed by atoms with E-state index in [0.29, 0.717) is 30.1 Å². The predicted molar refractivity (Wildman–Crippen MR) is 134 cm³/mol. The summed E-state index contributed by atoms with van der Waals surface area (Å²) in [5, 5.41) is 10.2. The number of aromatic amines is 1. The lowest BCUT2D eigenvalue weighted by atomic mass is 9.88. The molecule has 1 saturated heterocycles. The van der Waals surface area contributed by atoms with E-state index in [1.807, 2.05) is 24.5 Å². The van der Waals surface area contributed by atoms with Gasteiger partial charge in [0, 0.05) is 68.0 Å². The van der Waals surface area contributed by atoms with Crippen LogP contribution in [-0.4, -0.2) is 57.3 Å². The zero-order valence-corrected chi connectivity index (χ0v) is 20.7. The van der Waals surface area contributed by atoms with Crippen molar-refractivity contribution < 1.29 is 8.73 Å². The zero-order valence-electron chi connectivity index (χ0n) is 19.9. The molecular weight excluding hydrogens is 466 g/mol. The molecule has 6 heterocycles. The minimum absolute atomic E-state index is 0.00181. The predicted octanol–water partition coefficient (Wildman–Crippen LogP) is 2.86. The Bertz CT molecular complexity index is 1690. The zero-order chi connectivity index (χ0) is 24.4. The molecule has 11 heteroatoms. The molecule has 0 amide bonds. The van der Waals surface area contributed by atoms with Gasteiger partial charge in [-0.2, -0.15) is 5.10 Å². The van der Waals surface area contributed by atoms with E-state index in [0.717, 1.165) is 45.2 Å². The third kappa shape index (κ3) is 3.45. The normalized spacial score (nSPS) is 17.7. The van der Waals surface area contributed by atoms with Crippen molar-refractivity contribution in [3.63, 3.8) is 0 Å². The molecule has 2 atom stereocenters. The highest BCUT2D eigenvalue weighted by atomic mass is 32.2. The molecule has 5 aromatic heterocycles. The first-order chi connectivity index (χ1) is 16.8. The molecule has 1 fully saturated rings. The highest BCUT2D eigenvalue weighted by molar-refractivity contribution is 7.81. The summed E-state index contributed by atoms with van der Waals surface area (Å²) in [6.45, 7) is 3.13. The molecule has 180 valence electrons. The van der Waals surface area contributed by atoms with E-state index in [1.165, 1.54) is 0 Å². The van der Waals surface area contributed by atoms with Gasteiger partial charge in [-0.25, -0.2) is 13.5 Å². The van der Waals surface area contributed by atoms with E-state index in [1.54, 1.807) is 41.0 Å². The number of fused-ring (bicyclic) bond motifs is 3. The van der Waals surface area contributed by atoms with Gasteiger partial charge in [-0.15, -0.1) is 0 Å². The van der Waals surface area contributed by atoms with Crippen molar-refractivity contribution in [2.24, 2.45) is 14.1 Å². The van der Waals surface area contributed by atoms with E-state index < -0.39 is 11.0 Å². The first-order valence-electron chi connectivity index (χ1n) is 11.4. The lowest BCUT2D eigenvalue weighted by Crippen LogP contribution is -2.25. The molecule has 6 rings (SSSR count).